The average molecular weight is 502 g/mol. The average Bonchev–Trinajstić information content (AvgIpc) is 3.43. The summed E-state index contributed by atoms with van der Waals surface area (Å²) in [6.07, 6.45) is 0.532. The summed E-state index contributed by atoms with van der Waals surface area (Å²) in [6, 6.07) is 31.9. The standard InChI is InChI=1S/C30H23N5O3/c1-38-24-16-14-20(15-17-24)27-19-28(22-10-7-11-23(18-22)35(36)37)34(33-27)30-31-26-13-6-5-12-25(26)29(32-30)21-8-3-2-4-9-21/h2-18,28H,19H2,1H3/t28-/m1/s1. The van der Waals surface area contributed by atoms with Crippen molar-refractivity contribution in [2.75, 3.05) is 12.1 Å². The van der Waals surface area contributed by atoms with E-state index in [4.69, 9.17) is 19.8 Å². The van der Waals surface area contributed by atoms with Gasteiger partial charge < -0.3 is 4.74 Å². The van der Waals surface area contributed by atoms with E-state index >= 15 is 0 Å². The molecule has 186 valence electrons. The summed E-state index contributed by atoms with van der Waals surface area (Å²) in [5.41, 5.74) is 5.14. The van der Waals surface area contributed by atoms with E-state index < -0.39 is 0 Å². The Morgan fingerprint density at radius 1 is 0.868 bits per heavy atom. The summed E-state index contributed by atoms with van der Waals surface area (Å²) >= 11 is 0. The van der Waals surface area contributed by atoms with Crippen molar-refractivity contribution in [1.29, 1.82) is 0 Å². The maximum Gasteiger partial charge on any atom is 0.269 e. The third-order valence-corrected chi connectivity index (χ3v) is 6.64. The van der Waals surface area contributed by atoms with E-state index in [1.54, 1.807) is 24.3 Å². The van der Waals surface area contributed by atoms with Gasteiger partial charge in [-0.25, -0.2) is 15.0 Å². The van der Waals surface area contributed by atoms with Gasteiger partial charge in [-0.1, -0.05) is 60.7 Å². The summed E-state index contributed by atoms with van der Waals surface area (Å²) < 4.78 is 5.31. The van der Waals surface area contributed by atoms with Crippen LogP contribution < -0.4 is 9.75 Å². The number of hydrogen-bond donors (Lipinski definition) is 0. The molecule has 2 heterocycles. The van der Waals surface area contributed by atoms with Crippen LogP contribution in [0.5, 0.6) is 5.75 Å². The number of para-hydroxylation sites is 1. The molecule has 0 spiro atoms. The molecule has 4 aromatic carbocycles. The molecule has 5 aromatic rings. The minimum absolute atomic E-state index is 0.0322. The molecule has 1 aliphatic rings. The fourth-order valence-electron chi connectivity index (χ4n) is 4.74. The highest BCUT2D eigenvalue weighted by Gasteiger charge is 2.33. The van der Waals surface area contributed by atoms with Crippen LogP contribution in [-0.2, 0) is 0 Å². The second-order valence-corrected chi connectivity index (χ2v) is 8.95. The van der Waals surface area contributed by atoms with Gasteiger partial charge in [0.25, 0.3) is 5.69 Å². The monoisotopic (exact) mass is 501 g/mol. The maximum atomic E-state index is 11.5. The Hall–Kier alpha value is -5.11. The molecule has 8 heteroatoms. The molecule has 0 radical (unpaired) electrons. The van der Waals surface area contributed by atoms with Crippen LogP contribution in [0.4, 0.5) is 11.6 Å². The fourth-order valence-corrected chi connectivity index (χ4v) is 4.74. The number of hydrogen-bond acceptors (Lipinski definition) is 7. The molecule has 1 aliphatic heterocycles. The van der Waals surface area contributed by atoms with E-state index in [1.807, 2.05) is 84.9 Å². The van der Waals surface area contributed by atoms with E-state index in [1.165, 1.54) is 6.07 Å². The molecule has 38 heavy (non-hydrogen) atoms. The predicted molar refractivity (Wildman–Crippen MR) is 147 cm³/mol. The van der Waals surface area contributed by atoms with Crippen molar-refractivity contribution in [3.8, 4) is 17.0 Å². The molecule has 0 unspecified atom stereocenters. The van der Waals surface area contributed by atoms with E-state index in [-0.39, 0.29) is 16.7 Å². The largest absolute Gasteiger partial charge is 0.497 e. The molecule has 0 amide bonds. The number of benzene rings is 4. The minimum Gasteiger partial charge on any atom is -0.497 e. The third-order valence-electron chi connectivity index (χ3n) is 6.64. The highest BCUT2D eigenvalue weighted by molar-refractivity contribution is 6.03. The van der Waals surface area contributed by atoms with E-state index in [2.05, 4.69) is 0 Å². The molecular formula is C30H23N5O3. The normalized spacial score (nSPS) is 14.9. The number of hydrazone groups is 1. The Morgan fingerprint density at radius 3 is 2.39 bits per heavy atom. The molecule has 0 N–H and O–H groups in total. The van der Waals surface area contributed by atoms with Crippen molar-refractivity contribution in [3.05, 3.63) is 124 Å². The maximum absolute atomic E-state index is 11.5. The molecule has 6 rings (SSSR count). The predicted octanol–water partition coefficient (Wildman–Crippen LogP) is 6.57. The fraction of sp³-hybridized carbons (Fsp3) is 0.100. The lowest BCUT2D eigenvalue weighted by Gasteiger charge is -2.23. The Kier molecular flexibility index (Phi) is 5.97. The van der Waals surface area contributed by atoms with Crippen LogP contribution in [0, 0.1) is 10.1 Å². The molecule has 8 nitrogen and oxygen atoms in total. The van der Waals surface area contributed by atoms with Gasteiger partial charge in [-0.05, 0) is 41.5 Å². The van der Waals surface area contributed by atoms with Crippen LogP contribution in [0.25, 0.3) is 22.2 Å². The molecular weight excluding hydrogens is 478 g/mol. The number of fused-ring (bicyclic) bond motifs is 1. The van der Waals surface area contributed by atoms with Crippen molar-refractivity contribution >= 4 is 28.3 Å². The molecule has 0 saturated heterocycles. The van der Waals surface area contributed by atoms with E-state index in [9.17, 15) is 10.1 Å². The molecule has 0 saturated carbocycles. The number of rotatable bonds is 6. The van der Waals surface area contributed by atoms with Crippen LogP contribution in [-0.4, -0.2) is 27.7 Å². The number of anilines is 1. The van der Waals surface area contributed by atoms with Gasteiger partial charge in [0, 0.05) is 29.5 Å². The van der Waals surface area contributed by atoms with Gasteiger partial charge >= 0.3 is 0 Å². The summed E-state index contributed by atoms with van der Waals surface area (Å²) in [7, 11) is 1.63. The van der Waals surface area contributed by atoms with E-state index in [0.717, 1.165) is 44.7 Å². The number of nitro benzene ring substituents is 1. The van der Waals surface area contributed by atoms with Gasteiger partial charge in [-0.3, -0.25) is 10.1 Å². The first-order valence-electron chi connectivity index (χ1n) is 12.2. The molecule has 0 aliphatic carbocycles. The van der Waals surface area contributed by atoms with Gasteiger partial charge in [0.05, 0.1) is 35.0 Å². The molecule has 0 bridgehead atoms. The zero-order chi connectivity index (χ0) is 26.1. The molecule has 1 aromatic heterocycles. The lowest BCUT2D eigenvalue weighted by molar-refractivity contribution is -0.384. The number of nitro groups is 1. The van der Waals surface area contributed by atoms with Crippen LogP contribution in [0.3, 0.4) is 0 Å². The topological polar surface area (TPSA) is 93.8 Å². The first-order valence-corrected chi connectivity index (χ1v) is 12.2. The van der Waals surface area contributed by atoms with Crippen LogP contribution in [0.15, 0.2) is 108 Å². The van der Waals surface area contributed by atoms with Gasteiger partial charge in [0.1, 0.15) is 5.75 Å². The van der Waals surface area contributed by atoms with Gasteiger partial charge in [-0.2, -0.15) is 5.10 Å². The van der Waals surface area contributed by atoms with E-state index in [0.29, 0.717) is 12.4 Å². The van der Waals surface area contributed by atoms with Crippen molar-refractivity contribution in [3.63, 3.8) is 0 Å². The number of non-ortho nitro benzene ring substituents is 1. The van der Waals surface area contributed by atoms with Crippen LogP contribution >= 0.6 is 0 Å². The van der Waals surface area contributed by atoms with Gasteiger partial charge in [-0.15, -0.1) is 0 Å². The lowest BCUT2D eigenvalue weighted by Crippen LogP contribution is -2.21. The number of methoxy groups -OCH3 is 1. The third kappa shape index (κ3) is 4.32. The van der Waals surface area contributed by atoms with Crippen molar-refractivity contribution < 1.29 is 9.66 Å². The Labute approximate surface area is 219 Å². The highest BCUT2D eigenvalue weighted by Crippen LogP contribution is 2.38. The van der Waals surface area contributed by atoms with Crippen molar-refractivity contribution in [1.82, 2.24) is 9.97 Å². The van der Waals surface area contributed by atoms with Gasteiger partial charge in [0.15, 0.2) is 0 Å². The number of nitrogens with zero attached hydrogens (tertiary/aromatic N) is 5. The Balaban J connectivity index is 1.51. The first kappa shape index (κ1) is 23.3. The second-order valence-electron chi connectivity index (χ2n) is 8.95. The number of aromatic nitrogens is 2. The van der Waals surface area contributed by atoms with Crippen molar-refractivity contribution in [2.45, 2.75) is 12.5 Å². The summed E-state index contributed by atoms with van der Waals surface area (Å²) in [5, 5.41) is 19.2. The van der Waals surface area contributed by atoms with Crippen LogP contribution in [0.1, 0.15) is 23.6 Å². The van der Waals surface area contributed by atoms with Crippen LogP contribution in [0.2, 0.25) is 0 Å². The SMILES string of the molecule is COc1ccc(C2=NN(c3nc(-c4ccccc4)c4ccccc4n3)[C@@H](c3cccc([N+](=O)[O-])c3)C2)cc1. The summed E-state index contributed by atoms with van der Waals surface area (Å²) in [6.45, 7) is 0. The minimum atomic E-state index is -0.381. The number of ether oxygens (including phenoxy) is 1. The van der Waals surface area contributed by atoms with Gasteiger partial charge in [0.2, 0.25) is 5.95 Å². The summed E-state index contributed by atoms with van der Waals surface area (Å²) in [4.78, 5) is 21.0. The van der Waals surface area contributed by atoms with Crippen molar-refractivity contribution in [2.24, 2.45) is 5.10 Å². The lowest BCUT2D eigenvalue weighted by atomic mass is 9.98. The second kappa shape index (κ2) is 9.74. The Bertz CT molecular complexity index is 1670. The summed E-state index contributed by atoms with van der Waals surface area (Å²) in [5.74, 6) is 1.19. The molecule has 0 fully saturated rings. The zero-order valence-electron chi connectivity index (χ0n) is 20.6. The first-order chi connectivity index (χ1) is 18.6. The zero-order valence-corrected chi connectivity index (χ0v) is 20.6. The smallest absolute Gasteiger partial charge is 0.269 e. The Morgan fingerprint density at radius 2 is 1.63 bits per heavy atom. The highest BCUT2D eigenvalue weighted by atomic mass is 16.6. The molecule has 1 atom stereocenters. The quantitative estimate of drug-likeness (QED) is 0.193.